The van der Waals surface area contributed by atoms with E-state index in [1.54, 1.807) is 0 Å². The first-order valence-corrected chi connectivity index (χ1v) is 6.93. The van der Waals surface area contributed by atoms with E-state index in [2.05, 4.69) is 38.2 Å². The van der Waals surface area contributed by atoms with Gasteiger partial charge in [-0.2, -0.15) is 0 Å². The fourth-order valence-electron chi connectivity index (χ4n) is 2.93. The first-order chi connectivity index (χ1) is 8.48. The van der Waals surface area contributed by atoms with Crippen LogP contribution in [0.25, 0.3) is 0 Å². The lowest BCUT2D eigenvalue weighted by atomic mass is 9.85. The van der Waals surface area contributed by atoms with Gasteiger partial charge < -0.3 is 10.1 Å². The third-order valence-electron chi connectivity index (χ3n) is 4.01. The van der Waals surface area contributed by atoms with Crippen molar-refractivity contribution >= 4 is 11.6 Å². The first kappa shape index (κ1) is 13.9. The summed E-state index contributed by atoms with van der Waals surface area (Å²) in [5.74, 6) is 0. The summed E-state index contributed by atoms with van der Waals surface area (Å²) in [6.07, 6.45) is 2.24. The number of aryl methyl sites for hydroxylation is 2. The molecule has 0 spiro atoms. The molecule has 0 bridgehead atoms. The molecular formula is C15H22ClNO. The zero-order valence-corrected chi connectivity index (χ0v) is 12.4. The molecule has 2 rings (SSSR count). The second-order valence-electron chi connectivity index (χ2n) is 5.44. The molecule has 1 aromatic carbocycles. The molecule has 0 aliphatic carbocycles. The fraction of sp³-hybridized carbons (Fsp3) is 0.600. The highest BCUT2D eigenvalue weighted by molar-refractivity contribution is 6.31. The minimum atomic E-state index is -0.111. The topological polar surface area (TPSA) is 21.3 Å². The Labute approximate surface area is 115 Å². The third-order valence-corrected chi connectivity index (χ3v) is 4.41. The largest absolute Gasteiger partial charge is 0.373 e. The zero-order chi connectivity index (χ0) is 13.3. The Morgan fingerprint density at radius 2 is 2.06 bits per heavy atom. The van der Waals surface area contributed by atoms with E-state index in [0.717, 1.165) is 30.0 Å². The Kier molecular flexibility index (Phi) is 4.00. The highest BCUT2D eigenvalue weighted by atomic mass is 35.5. The molecule has 0 amide bonds. The molecule has 1 aliphatic heterocycles. The van der Waals surface area contributed by atoms with Crippen LogP contribution < -0.4 is 5.32 Å². The van der Waals surface area contributed by atoms with Crippen LogP contribution in [0, 0.1) is 13.8 Å². The van der Waals surface area contributed by atoms with Crippen molar-refractivity contribution in [3.63, 3.8) is 0 Å². The van der Waals surface area contributed by atoms with Crippen molar-refractivity contribution in [1.29, 1.82) is 0 Å². The molecule has 0 saturated carbocycles. The van der Waals surface area contributed by atoms with E-state index in [4.69, 9.17) is 16.3 Å². The molecule has 1 N–H and O–H groups in total. The van der Waals surface area contributed by atoms with Crippen molar-refractivity contribution in [2.24, 2.45) is 0 Å². The van der Waals surface area contributed by atoms with Gasteiger partial charge in [-0.15, -0.1) is 0 Å². The van der Waals surface area contributed by atoms with Crippen LogP contribution in [-0.2, 0) is 4.74 Å². The van der Waals surface area contributed by atoms with E-state index in [1.165, 1.54) is 11.1 Å². The van der Waals surface area contributed by atoms with Gasteiger partial charge in [0.25, 0.3) is 0 Å². The van der Waals surface area contributed by atoms with Crippen molar-refractivity contribution in [3.05, 3.63) is 33.8 Å². The summed E-state index contributed by atoms with van der Waals surface area (Å²) in [5.41, 5.74) is 3.53. The van der Waals surface area contributed by atoms with Gasteiger partial charge in [0.15, 0.2) is 0 Å². The quantitative estimate of drug-likeness (QED) is 0.900. The monoisotopic (exact) mass is 267 g/mol. The van der Waals surface area contributed by atoms with Crippen molar-refractivity contribution < 1.29 is 4.74 Å². The van der Waals surface area contributed by atoms with Crippen molar-refractivity contribution in [3.8, 4) is 0 Å². The van der Waals surface area contributed by atoms with Crippen LogP contribution in [0.2, 0.25) is 5.02 Å². The predicted octanol–water partition coefficient (Wildman–Crippen LogP) is 3.79. The number of hydrogen-bond donors (Lipinski definition) is 1. The molecule has 3 heteroatoms. The summed E-state index contributed by atoms with van der Waals surface area (Å²) in [7, 11) is 2.00. The number of ether oxygens (including phenoxy) is 1. The van der Waals surface area contributed by atoms with Gasteiger partial charge in [-0.1, -0.05) is 17.7 Å². The van der Waals surface area contributed by atoms with Crippen LogP contribution in [0.1, 0.15) is 42.5 Å². The molecule has 0 aromatic heterocycles. The normalized spacial score (nSPS) is 25.4. The zero-order valence-electron chi connectivity index (χ0n) is 11.6. The maximum atomic E-state index is 6.18. The van der Waals surface area contributed by atoms with E-state index in [1.807, 2.05) is 7.05 Å². The maximum Gasteiger partial charge on any atom is 0.0849 e. The number of likely N-dealkylation sites (N-methyl/N-ethyl adjacent to an activating group) is 1. The number of rotatable bonds is 3. The van der Waals surface area contributed by atoms with Gasteiger partial charge in [0.1, 0.15) is 0 Å². The maximum absolute atomic E-state index is 6.18. The summed E-state index contributed by atoms with van der Waals surface area (Å²) in [4.78, 5) is 0. The Morgan fingerprint density at radius 1 is 1.33 bits per heavy atom. The average Bonchev–Trinajstić information content (AvgIpc) is 2.74. The van der Waals surface area contributed by atoms with Gasteiger partial charge >= 0.3 is 0 Å². The average molecular weight is 268 g/mol. The fourth-order valence-corrected chi connectivity index (χ4v) is 3.15. The number of hydrogen-bond acceptors (Lipinski definition) is 2. The molecule has 1 aliphatic rings. The smallest absolute Gasteiger partial charge is 0.0849 e. The van der Waals surface area contributed by atoms with E-state index in [0.29, 0.717) is 0 Å². The van der Waals surface area contributed by atoms with Crippen LogP contribution >= 0.6 is 11.6 Å². The SMILES string of the molecule is CNC(c1cc(C)c(Cl)cc1C)C1(C)CCCO1. The lowest BCUT2D eigenvalue weighted by molar-refractivity contribution is -0.0106. The van der Waals surface area contributed by atoms with Gasteiger partial charge in [-0.3, -0.25) is 0 Å². The van der Waals surface area contributed by atoms with Crippen LogP contribution in [0.3, 0.4) is 0 Å². The third kappa shape index (κ3) is 2.42. The molecule has 1 aromatic rings. The van der Waals surface area contributed by atoms with E-state index in [9.17, 15) is 0 Å². The summed E-state index contributed by atoms with van der Waals surface area (Å²) < 4.78 is 5.98. The van der Waals surface area contributed by atoms with Crippen LogP contribution in [0.4, 0.5) is 0 Å². The minimum Gasteiger partial charge on any atom is -0.373 e. The summed E-state index contributed by atoms with van der Waals surface area (Å²) >= 11 is 6.18. The number of benzene rings is 1. The van der Waals surface area contributed by atoms with E-state index >= 15 is 0 Å². The number of nitrogens with one attached hydrogen (secondary N) is 1. The van der Waals surface area contributed by atoms with E-state index < -0.39 is 0 Å². The van der Waals surface area contributed by atoms with Crippen molar-refractivity contribution in [2.45, 2.75) is 45.3 Å². The Morgan fingerprint density at radius 3 is 2.61 bits per heavy atom. The molecule has 2 unspecified atom stereocenters. The molecule has 1 fully saturated rings. The molecule has 2 nitrogen and oxygen atoms in total. The Balaban J connectivity index is 2.41. The molecule has 100 valence electrons. The second kappa shape index (κ2) is 5.20. The van der Waals surface area contributed by atoms with Gasteiger partial charge in [0, 0.05) is 11.6 Å². The summed E-state index contributed by atoms with van der Waals surface area (Å²) in [5, 5.41) is 4.26. The van der Waals surface area contributed by atoms with Gasteiger partial charge in [0.2, 0.25) is 0 Å². The van der Waals surface area contributed by atoms with Crippen LogP contribution in [0.5, 0.6) is 0 Å². The Hall–Kier alpha value is -0.570. The lowest BCUT2D eigenvalue weighted by Crippen LogP contribution is -2.40. The Bertz CT molecular complexity index is 438. The number of halogens is 1. The molecule has 18 heavy (non-hydrogen) atoms. The van der Waals surface area contributed by atoms with E-state index in [-0.39, 0.29) is 11.6 Å². The molecule has 0 radical (unpaired) electrons. The summed E-state index contributed by atoms with van der Waals surface area (Å²) in [6, 6.07) is 4.46. The lowest BCUT2D eigenvalue weighted by Gasteiger charge is -2.34. The van der Waals surface area contributed by atoms with Crippen molar-refractivity contribution in [2.75, 3.05) is 13.7 Å². The highest BCUT2D eigenvalue weighted by Crippen LogP contribution is 2.39. The molecule has 1 heterocycles. The minimum absolute atomic E-state index is 0.111. The van der Waals surface area contributed by atoms with Gasteiger partial charge in [0.05, 0.1) is 11.6 Å². The summed E-state index contributed by atoms with van der Waals surface area (Å²) in [6.45, 7) is 7.23. The van der Waals surface area contributed by atoms with Gasteiger partial charge in [-0.25, -0.2) is 0 Å². The highest BCUT2D eigenvalue weighted by Gasteiger charge is 2.39. The van der Waals surface area contributed by atoms with Crippen molar-refractivity contribution in [1.82, 2.24) is 5.32 Å². The molecule has 1 saturated heterocycles. The van der Waals surface area contributed by atoms with Crippen LogP contribution in [0.15, 0.2) is 12.1 Å². The second-order valence-corrected chi connectivity index (χ2v) is 5.85. The van der Waals surface area contributed by atoms with Gasteiger partial charge in [-0.05, 0) is 63.4 Å². The standard InChI is InChI=1S/C15H22ClNO/c1-10-9-13(16)11(2)8-12(10)14(17-4)15(3)6-5-7-18-15/h8-9,14,17H,5-7H2,1-4H3. The molecule has 2 atom stereocenters. The van der Waals surface area contributed by atoms with Crippen LogP contribution in [-0.4, -0.2) is 19.3 Å². The molecular weight excluding hydrogens is 246 g/mol. The first-order valence-electron chi connectivity index (χ1n) is 6.56. The predicted molar refractivity (Wildman–Crippen MR) is 76.3 cm³/mol.